The van der Waals surface area contributed by atoms with Crippen LogP contribution in [0.5, 0.6) is 0 Å². The van der Waals surface area contributed by atoms with Gasteiger partial charge < -0.3 is 15.1 Å². The topological polar surface area (TPSA) is 77.8 Å². The predicted octanol–water partition coefficient (Wildman–Crippen LogP) is 1.76. The molecule has 1 heterocycles. The molecule has 0 radical (unpaired) electrons. The Morgan fingerprint density at radius 1 is 1.42 bits per heavy atom. The number of amides is 1. The van der Waals surface area contributed by atoms with Crippen molar-refractivity contribution >= 4 is 11.9 Å². The molecule has 0 aromatic rings. The maximum atomic E-state index is 11.9. The van der Waals surface area contributed by atoms with Gasteiger partial charge in [0, 0.05) is 11.6 Å². The number of carboxylic acid groups (broad SMARTS) is 1. The van der Waals surface area contributed by atoms with Crippen molar-refractivity contribution in [3.8, 4) is 0 Å². The van der Waals surface area contributed by atoms with Crippen LogP contribution in [0, 0.1) is 5.41 Å². The molecule has 0 aliphatic carbocycles. The fourth-order valence-electron chi connectivity index (χ4n) is 2.93. The van der Waals surface area contributed by atoms with Gasteiger partial charge in [-0.1, -0.05) is 20.8 Å². The standard InChI is InChI=1S/C14H23NO4/c1-5-14(4,9-13(2,3)8-12(18)19)15-10(16)6-7-11(15)17/h6-7,10,16H,5,8-9H2,1-4H3,(H,18,19). The van der Waals surface area contributed by atoms with Crippen LogP contribution < -0.4 is 0 Å². The van der Waals surface area contributed by atoms with Crippen LogP contribution in [0.25, 0.3) is 0 Å². The summed E-state index contributed by atoms with van der Waals surface area (Å²) in [5.41, 5.74) is -1.00. The summed E-state index contributed by atoms with van der Waals surface area (Å²) in [5.74, 6) is -1.07. The molecule has 1 amide bonds. The Balaban J connectivity index is 2.92. The van der Waals surface area contributed by atoms with Crippen LogP contribution in [0.4, 0.5) is 0 Å². The van der Waals surface area contributed by atoms with Crippen molar-refractivity contribution in [2.75, 3.05) is 0 Å². The van der Waals surface area contributed by atoms with E-state index in [9.17, 15) is 14.7 Å². The van der Waals surface area contributed by atoms with Gasteiger partial charge in [0.2, 0.25) is 5.91 Å². The zero-order chi connectivity index (χ0) is 14.8. The highest BCUT2D eigenvalue weighted by atomic mass is 16.4. The lowest BCUT2D eigenvalue weighted by Crippen LogP contribution is -2.53. The maximum Gasteiger partial charge on any atom is 0.303 e. The van der Waals surface area contributed by atoms with E-state index >= 15 is 0 Å². The minimum Gasteiger partial charge on any atom is -0.481 e. The summed E-state index contributed by atoms with van der Waals surface area (Å²) in [4.78, 5) is 24.2. The van der Waals surface area contributed by atoms with Crippen molar-refractivity contribution in [3.05, 3.63) is 12.2 Å². The molecular weight excluding hydrogens is 246 g/mol. The first-order valence-electron chi connectivity index (χ1n) is 6.53. The Morgan fingerprint density at radius 2 is 2.00 bits per heavy atom. The highest BCUT2D eigenvalue weighted by Crippen LogP contribution is 2.38. The van der Waals surface area contributed by atoms with Gasteiger partial charge in [-0.25, -0.2) is 0 Å². The number of aliphatic hydroxyl groups excluding tert-OH is 1. The summed E-state index contributed by atoms with van der Waals surface area (Å²) in [6, 6.07) is 0. The molecule has 0 spiro atoms. The molecule has 1 aliphatic heterocycles. The highest BCUT2D eigenvalue weighted by molar-refractivity contribution is 5.91. The van der Waals surface area contributed by atoms with Gasteiger partial charge in [-0.3, -0.25) is 9.59 Å². The fourth-order valence-corrected chi connectivity index (χ4v) is 2.93. The van der Waals surface area contributed by atoms with Gasteiger partial charge >= 0.3 is 5.97 Å². The maximum absolute atomic E-state index is 11.9. The molecule has 1 aliphatic rings. The molecule has 2 N–H and O–H groups in total. The van der Waals surface area contributed by atoms with Crippen LogP contribution in [0.15, 0.2) is 12.2 Å². The van der Waals surface area contributed by atoms with E-state index < -0.39 is 23.2 Å². The fraction of sp³-hybridized carbons (Fsp3) is 0.714. The minimum atomic E-state index is -0.918. The summed E-state index contributed by atoms with van der Waals surface area (Å²) in [6.45, 7) is 7.57. The van der Waals surface area contributed by atoms with E-state index in [1.165, 1.54) is 17.1 Å². The Kier molecular flexibility index (Phi) is 4.40. The SMILES string of the molecule is CCC(C)(CC(C)(C)CC(=O)O)N1C(=O)C=CC1O. The second-order valence-corrected chi connectivity index (χ2v) is 6.24. The van der Waals surface area contributed by atoms with Crippen LogP contribution in [0.1, 0.15) is 47.0 Å². The number of carbonyl (C=O) groups is 2. The molecule has 5 heteroatoms. The summed E-state index contributed by atoms with van der Waals surface area (Å²) >= 11 is 0. The first-order valence-corrected chi connectivity index (χ1v) is 6.53. The van der Waals surface area contributed by atoms with Gasteiger partial charge in [-0.2, -0.15) is 0 Å². The number of hydrogen-bond acceptors (Lipinski definition) is 3. The van der Waals surface area contributed by atoms with Crippen molar-refractivity contribution in [3.63, 3.8) is 0 Å². The molecule has 2 unspecified atom stereocenters. The average molecular weight is 269 g/mol. The smallest absolute Gasteiger partial charge is 0.303 e. The lowest BCUT2D eigenvalue weighted by molar-refractivity contribution is -0.144. The summed E-state index contributed by atoms with van der Waals surface area (Å²) in [6.07, 6.45) is 3.11. The predicted molar refractivity (Wildman–Crippen MR) is 71.3 cm³/mol. The average Bonchev–Trinajstić information content (AvgIpc) is 2.56. The van der Waals surface area contributed by atoms with Crippen molar-refractivity contribution in [2.24, 2.45) is 5.41 Å². The molecule has 0 bridgehead atoms. The molecule has 108 valence electrons. The number of aliphatic carboxylic acids is 1. The summed E-state index contributed by atoms with van der Waals surface area (Å²) < 4.78 is 0. The summed E-state index contributed by atoms with van der Waals surface area (Å²) in [5, 5.41) is 18.9. The quantitative estimate of drug-likeness (QED) is 0.770. The van der Waals surface area contributed by atoms with Gasteiger partial charge in [-0.15, -0.1) is 0 Å². The van der Waals surface area contributed by atoms with Gasteiger partial charge in [0.15, 0.2) is 0 Å². The van der Waals surface area contributed by atoms with Crippen LogP contribution in [-0.2, 0) is 9.59 Å². The van der Waals surface area contributed by atoms with E-state index in [-0.39, 0.29) is 12.3 Å². The van der Waals surface area contributed by atoms with Gasteiger partial charge in [-0.05, 0) is 31.3 Å². The number of carboxylic acids is 1. The number of nitrogens with zero attached hydrogens (tertiary/aromatic N) is 1. The molecule has 0 saturated carbocycles. The molecule has 0 saturated heterocycles. The first-order chi connectivity index (χ1) is 8.61. The molecular formula is C14H23NO4. The molecule has 2 atom stereocenters. The zero-order valence-corrected chi connectivity index (χ0v) is 12.0. The highest BCUT2D eigenvalue weighted by Gasteiger charge is 2.42. The van der Waals surface area contributed by atoms with Crippen molar-refractivity contribution in [1.29, 1.82) is 0 Å². The van der Waals surface area contributed by atoms with Crippen LogP contribution in [0.2, 0.25) is 0 Å². The Labute approximate surface area is 113 Å². The number of carbonyl (C=O) groups excluding carboxylic acids is 1. The first kappa shape index (κ1) is 15.7. The normalized spacial score (nSPS) is 22.7. The molecule has 0 aromatic heterocycles. The van der Waals surface area contributed by atoms with Crippen molar-refractivity contribution < 1.29 is 19.8 Å². The monoisotopic (exact) mass is 269 g/mol. The Bertz CT molecular complexity index is 402. The third kappa shape index (κ3) is 3.56. The molecule has 0 aromatic carbocycles. The number of hydrogen-bond donors (Lipinski definition) is 2. The molecule has 0 fully saturated rings. The van der Waals surface area contributed by atoms with Gasteiger partial charge in [0.05, 0.1) is 6.42 Å². The van der Waals surface area contributed by atoms with Crippen LogP contribution in [0.3, 0.4) is 0 Å². The van der Waals surface area contributed by atoms with Crippen molar-refractivity contribution in [1.82, 2.24) is 4.90 Å². The van der Waals surface area contributed by atoms with Crippen molar-refractivity contribution in [2.45, 2.75) is 58.7 Å². The van der Waals surface area contributed by atoms with E-state index in [2.05, 4.69) is 0 Å². The second-order valence-electron chi connectivity index (χ2n) is 6.24. The van der Waals surface area contributed by atoms with Crippen LogP contribution in [-0.4, -0.2) is 38.8 Å². The van der Waals surface area contributed by atoms with Gasteiger partial charge in [0.25, 0.3) is 0 Å². The molecule has 19 heavy (non-hydrogen) atoms. The minimum absolute atomic E-state index is 0.0359. The Hall–Kier alpha value is -1.36. The zero-order valence-electron chi connectivity index (χ0n) is 12.0. The number of aliphatic hydroxyl groups is 1. The third-order valence-corrected chi connectivity index (χ3v) is 3.75. The second kappa shape index (κ2) is 5.33. The number of rotatable bonds is 6. The lowest BCUT2D eigenvalue weighted by Gasteiger charge is -2.44. The lowest BCUT2D eigenvalue weighted by atomic mass is 9.75. The Morgan fingerprint density at radius 3 is 2.37 bits per heavy atom. The molecule has 1 rings (SSSR count). The van der Waals surface area contributed by atoms with E-state index in [0.29, 0.717) is 12.8 Å². The van der Waals surface area contributed by atoms with E-state index in [1.54, 1.807) is 0 Å². The third-order valence-electron chi connectivity index (χ3n) is 3.75. The largest absolute Gasteiger partial charge is 0.481 e. The van der Waals surface area contributed by atoms with E-state index in [4.69, 9.17) is 5.11 Å². The van der Waals surface area contributed by atoms with E-state index in [0.717, 1.165) is 0 Å². The molecule has 5 nitrogen and oxygen atoms in total. The van der Waals surface area contributed by atoms with E-state index in [1.807, 2.05) is 27.7 Å². The van der Waals surface area contributed by atoms with Gasteiger partial charge in [0.1, 0.15) is 6.23 Å². The summed E-state index contributed by atoms with van der Waals surface area (Å²) in [7, 11) is 0. The van der Waals surface area contributed by atoms with Crippen LogP contribution >= 0.6 is 0 Å².